The van der Waals surface area contributed by atoms with Gasteiger partial charge in [0.15, 0.2) is 23.0 Å². The maximum absolute atomic E-state index is 11.4. The first kappa shape index (κ1) is 38.6. The predicted octanol–water partition coefficient (Wildman–Crippen LogP) is 9.56. The van der Waals surface area contributed by atoms with Crippen molar-refractivity contribution in [3.63, 3.8) is 0 Å². The molecule has 4 fully saturated rings. The lowest BCUT2D eigenvalue weighted by atomic mass is 9.52. The second-order valence-corrected chi connectivity index (χ2v) is 17.4. The molecule has 2 spiro atoms. The number of phenols is 5. The molecule has 2 aliphatic heterocycles. The van der Waals surface area contributed by atoms with Crippen molar-refractivity contribution in [1.82, 2.24) is 5.32 Å². The summed E-state index contributed by atoms with van der Waals surface area (Å²) in [5.74, 6) is -0.579. The van der Waals surface area contributed by atoms with Gasteiger partial charge < -0.3 is 40.7 Å². The molecule has 2 saturated heterocycles. The Kier molecular flexibility index (Phi) is 11.0. The summed E-state index contributed by atoms with van der Waals surface area (Å²) >= 11 is 0. The third-order valence-electron chi connectivity index (χ3n) is 14.1. The van der Waals surface area contributed by atoms with Crippen LogP contribution >= 0.6 is 0 Å². The van der Waals surface area contributed by atoms with Gasteiger partial charge in [0.1, 0.15) is 5.75 Å². The van der Waals surface area contributed by atoms with Crippen molar-refractivity contribution in [3.8, 4) is 28.7 Å². The molecule has 298 valence electrons. The second-order valence-electron chi connectivity index (χ2n) is 17.4. The average molecular weight is 762 g/mol. The van der Waals surface area contributed by atoms with E-state index in [-0.39, 0.29) is 51.3 Å². The van der Waals surface area contributed by atoms with E-state index in [1.54, 1.807) is 18.2 Å². The van der Waals surface area contributed by atoms with Crippen molar-refractivity contribution < 1.29 is 35.4 Å². The molecule has 2 saturated carbocycles. The number of rotatable bonds is 12. The molecule has 0 amide bonds. The highest BCUT2D eigenvalue weighted by atomic mass is 16.5. The molecule has 0 radical (unpaired) electrons. The van der Waals surface area contributed by atoms with E-state index >= 15 is 0 Å². The van der Waals surface area contributed by atoms with Crippen LogP contribution in [0.3, 0.4) is 0 Å². The Labute approximate surface area is 330 Å². The van der Waals surface area contributed by atoms with E-state index in [9.17, 15) is 30.6 Å². The number of aliphatic hydroxyl groups is 1. The highest BCUT2D eigenvalue weighted by Gasteiger charge is 2.64. The normalized spacial score (nSPS) is 27.3. The first-order valence-electron chi connectivity index (χ1n) is 21.2. The van der Waals surface area contributed by atoms with Gasteiger partial charge in [0.25, 0.3) is 0 Å². The lowest BCUT2D eigenvalue weighted by Crippen LogP contribution is -2.66. The summed E-state index contributed by atoms with van der Waals surface area (Å²) in [6, 6.07) is 16.8. The number of hydrogen-bond donors (Lipinski definition) is 7. The summed E-state index contributed by atoms with van der Waals surface area (Å²) in [4.78, 5) is 0. The molecular formula is C48H59NO7. The molecule has 2 bridgehead atoms. The fourth-order valence-corrected chi connectivity index (χ4v) is 11.3. The summed E-state index contributed by atoms with van der Waals surface area (Å²) in [5.41, 5.74) is 5.70. The number of fused-ring (bicyclic) bond motifs is 2. The molecule has 7 N–H and O–H groups in total. The monoisotopic (exact) mass is 761 g/mol. The number of hydrogen-bond acceptors (Lipinski definition) is 8. The second kappa shape index (κ2) is 16.0. The molecule has 56 heavy (non-hydrogen) atoms. The van der Waals surface area contributed by atoms with Crippen LogP contribution < -0.4 is 5.32 Å². The molecule has 4 aromatic carbocycles. The number of unbranched alkanes of at least 4 members (excludes halogenated alkanes) is 2. The van der Waals surface area contributed by atoms with Gasteiger partial charge in [-0.25, -0.2) is 0 Å². The minimum Gasteiger partial charge on any atom is -0.507 e. The van der Waals surface area contributed by atoms with Gasteiger partial charge in [-0.1, -0.05) is 74.7 Å². The average Bonchev–Trinajstić information content (AvgIpc) is 3.57. The van der Waals surface area contributed by atoms with Crippen LogP contribution in [0.5, 0.6) is 28.7 Å². The summed E-state index contributed by atoms with van der Waals surface area (Å²) in [5, 5.41) is 68.7. The number of ether oxygens (including phenoxy) is 1. The largest absolute Gasteiger partial charge is 0.507 e. The fourth-order valence-electron chi connectivity index (χ4n) is 11.3. The zero-order valence-corrected chi connectivity index (χ0v) is 32.8. The van der Waals surface area contributed by atoms with Gasteiger partial charge in [0.05, 0.1) is 23.2 Å². The third kappa shape index (κ3) is 7.25. The van der Waals surface area contributed by atoms with Gasteiger partial charge in [-0.15, -0.1) is 0 Å². The number of phenolic OH excluding ortho intramolecular Hbond substituents is 5. The van der Waals surface area contributed by atoms with E-state index in [1.165, 1.54) is 61.4 Å². The first-order valence-corrected chi connectivity index (χ1v) is 21.2. The van der Waals surface area contributed by atoms with E-state index in [4.69, 9.17) is 4.74 Å². The quantitative estimate of drug-likeness (QED) is 0.0430. The number of aryl methyl sites for hydroxylation is 2. The van der Waals surface area contributed by atoms with E-state index in [0.717, 1.165) is 69.9 Å². The molecule has 4 aromatic rings. The molecular weight excluding hydrogens is 703 g/mol. The minimum absolute atomic E-state index is 0.113. The highest BCUT2D eigenvalue weighted by Crippen LogP contribution is 2.64. The van der Waals surface area contributed by atoms with Gasteiger partial charge in [0, 0.05) is 23.6 Å². The molecule has 8 rings (SSSR count). The van der Waals surface area contributed by atoms with Crippen molar-refractivity contribution >= 4 is 22.9 Å². The lowest BCUT2D eigenvalue weighted by molar-refractivity contribution is -0.270. The van der Waals surface area contributed by atoms with Crippen molar-refractivity contribution in [1.29, 1.82) is 0 Å². The Morgan fingerprint density at radius 2 is 1.66 bits per heavy atom. The SMILES string of the molecule is CCCCCc1cc(CCc2c(O)c(O)c3c(O)cccc3c2/C=C\c2ccc(O)c(O)c2)ccc1CN[C@H]1C[C@H]2CC[C@H]3CCC[C@]4(CC[C@H](O)C4)[C@]3(C1)O2. The Hall–Kier alpha value is -4.24. The van der Waals surface area contributed by atoms with Crippen LogP contribution in [0.4, 0.5) is 0 Å². The van der Waals surface area contributed by atoms with Crippen LogP contribution in [0.2, 0.25) is 0 Å². The van der Waals surface area contributed by atoms with E-state index in [1.807, 2.05) is 12.1 Å². The Morgan fingerprint density at radius 3 is 2.46 bits per heavy atom. The molecule has 8 heteroatoms. The minimum atomic E-state index is -0.347. The van der Waals surface area contributed by atoms with Crippen LogP contribution in [0.1, 0.15) is 124 Å². The van der Waals surface area contributed by atoms with E-state index in [2.05, 4.69) is 30.4 Å². The molecule has 4 aliphatic rings. The van der Waals surface area contributed by atoms with E-state index in [0.29, 0.717) is 53.0 Å². The van der Waals surface area contributed by atoms with E-state index < -0.39 is 0 Å². The van der Waals surface area contributed by atoms with Gasteiger partial charge in [0.2, 0.25) is 0 Å². The Morgan fingerprint density at radius 1 is 0.786 bits per heavy atom. The molecule has 6 atom stereocenters. The zero-order valence-electron chi connectivity index (χ0n) is 32.8. The Balaban J connectivity index is 1.04. The summed E-state index contributed by atoms with van der Waals surface area (Å²) in [7, 11) is 0. The van der Waals surface area contributed by atoms with Crippen LogP contribution in [0.25, 0.3) is 22.9 Å². The highest BCUT2D eigenvalue weighted by molar-refractivity contribution is 6.03. The predicted molar refractivity (Wildman–Crippen MR) is 221 cm³/mol. The van der Waals surface area contributed by atoms with Gasteiger partial charge in [-0.3, -0.25) is 0 Å². The number of aromatic hydroxyl groups is 5. The summed E-state index contributed by atoms with van der Waals surface area (Å²) in [6.45, 7) is 3.04. The zero-order chi connectivity index (χ0) is 39.0. The third-order valence-corrected chi connectivity index (χ3v) is 14.1. The molecule has 8 nitrogen and oxygen atoms in total. The van der Waals surface area contributed by atoms with Crippen LogP contribution in [0, 0.1) is 11.3 Å². The van der Waals surface area contributed by atoms with Gasteiger partial charge in [-0.2, -0.15) is 0 Å². The fraction of sp³-hybridized carbons (Fsp3) is 0.500. The summed E-state index contributed by atoms with van der Waals surface area (Å²) in [6.07, 6.45) is 20.3. The van der Waals surface area contributed by atoms with Gasteiger partial charge >= 0.3 is 0 Å². The lowest BCUT2D eigenvalue weighted by Gasteiger charge is -2.63. The standard InChI is InChI=1S/C48H59NO7/c1-2-3-4-7-32-24-30(11-15-33(32)29-49-35-26-37-17-16-34-8-6-22-47(23-21-36(50)28-47)48(34,27-35)56-37)13-19-40-38(18-12-31-14-20-41(51)43(53)25-31)39-9-5-10-42(52)44(39)46(55)45(40)54/h5,9-12,14-15,18,20,24-25,34-37,49-55H,2-4,6-8,13,16-17,19,21-23,26-29H2,1H3/b18-12-/t34-,35+,36+,37-,47-,48-/m1/s1. The topological polar surface area (TPSA) is 143 Å². The van der Waals surface area contributed by atoms with Crippen molar-refractivity contribution in [3.05, 3.63) is 88.0 Å². The maximum atomic E-state index is 11.4. The molecule has 2 heterocycles. The van der Waals surface area contributed by atoms with Crippen molar-refractivity contribution in [2.75, 3.05) is 0 Å². The smallest absolute Gasteiger partial charge is 0.169 e. The molecule has 2 aliphatic carbocycles. The number of aliphatic hydroxyl groups excluding tert-OH is 1. The van der Waals surface area contributed by atoms with Crippen LogP contribution in [0.15, 0.2) is 54.6 Å². The van der Waals surface area contributed by atoms with Gasteiger partial charge in [-0.05, 0) is 141 Å². The number of nitrogens with one attached hydrogen (secondary N) is 1. The van der Waals surface area contributed by atoms with Crippen LogP contribution in [-0.4, -0.2) is 54.5 Å². The first-order chi connectivity index (χ1) is 27.1. The molecule has 0 aromatic heterocycles. The van der Waals surface area contributed by atoms with Crippen molar-refractivity contribution in [2.24, 2.45) is 11.3 Å². The Bertz CT molecular complexity index is 2090. The van der Waals surface area contributed by atoms with Crippen molar-refractivity contribution in [2.45, 2.75) is 140 Å². The molecule has 0 unspecified atom stereocenters. The summed E-state index contributed by atoms with van der Waals surface area (Å²) < 4.78 is 7.13. The number of benzene rings is 4. The maximum Gasteiger partial charge on any atom is 0.169 e. The van der Waals surface area contributed by atoms with Crippen LogP contribution in [-0.2, 0) is 30.5 Å².